The summed E-state index contributed by atoms with van der Waals surface area (Å²) in [6.45, 7) is 6.72. The summed E-state index contributed by atoms with van der Waals surface area (Å²) in [5.74, 6) is 0. The number of nitrogens with one attached hydrogen (secondary N) is 1. The maximum absolute atomic E-state index is 3.28. The first-order chi connectivity index (χ1) is 3.41. The molecule has 0 aliphatic rings. The Kier molecular flexibility index (Phi) is 13.8. The highest BCUT2D eigenvalue weighted by Crippen LogP contribution is 1.71. The highest BCUT2D eigenvalue weighted by molar-refractivity contribution is 5.75. The first-order valence-electron chi connectivity index (χ1n) is 3.12. The zero-order valence-electron chi connectivity index (χ0n) is 5.33. The molecule has 0 unspecified atom stereocenters. The lowest BCUT2D eigenvalue weighted by Gasteiger charge is -1.95. The number of hydrogen-bond acceptors (Lipinski definition) is 1. The smallest absolute Gasteiger partial charge is 0.0814 e. The summed E-state index contributed by atoms with van der Waals surface area (Å²) in [4.78, 5) is 0. The van der Waals surface area contributed by atoms with Gasteiger partial charge in [-0.15, -0.1) is 0 Å². The second-order valence-electron chi connectivity index (χ2n) is 1.75. The van der Waals surface area contributed by atoms with Crippen molar-refractivity contribution in [3.63, 3.8) is 0 Å². The third-order valence-corrected chi connectivity index (χ3v) is 0.854. The van der Waals surface area contributed by atoms with Gasteiger partial charge in [-0.1, -0.05) is 13.8 Å². The summed E-state index contributed by atoms with van der Waals surface area (Å²) >= 11 is 0. The molecule has 1 N–H and O–H groups in total. The van der Waals surface area contributed by atoms with Gasteiger partial charge in [0.05, 0.1) is 8.41 Å². The monoisotopic (exact) mass is 115 g/mol. The molecule has 0 atom stereocenters. The second-order valence-corrected chi connectivity index (χ2v) is 1.75. The molecule has 0 aromatic heterocycles. The molecule has 0 aromatic carbocycles. The van der Waals surface area contributed by atoms with E-state index in [-0.39, 0.29) is 8.41 Å². The summed E-state index contributed by atoms with van der Waals surface area (Å²) in [5, 5.41) is 3.28. The van der Waals surface area contributed by atoms with Crippen molar-refractivity contribution >= 4 is 8.41 Å². The van der Waals surface area contributed by atoms with E-state index in [2.05, 4.69) is 19.2 Å². The molecule has 0 radical (unpaired) electrons. The molecule has 0 aromatic rings. The number of rotatable bonds is 4. The minimum Gasteiger partial charge on any atom is -0.317 e. The van der Waals surface area contributed by atoms with Gasteiger partial charge in [0.25, 0.3) is 0 Å². The molecule has 8 heavy (non-hydrogen) atoms. The Bertz CT molecular complexity index is 27.7. The summed E-state index contributed by atoms with van der Waals surface area (Å²) in [6, 6.07) is 0. The second kappa shape index (κ2) is 10.1. The fraction of sp³-hybridized carbons (Fsp3) is 1.00. The van der Waals surface area contributed by atoms with Crippen LogP contribution in [0.2, 0.25) is 0 Å². The normalized spacial score (nSPS) is 8.25. The van der Waals surface area contributed by atoms with Crippen molar-refractivity contribution in [2.24, 2.45) is 0 Å². The van der Waals surface area contributed by atoms with E-state index in [1.54, 1.807) is 0 Å². The topological polar surface area (TPSA) is 12.0 Å². The lowest BCUT2D eigenvalue weighted by Crippen LogP contribution is -2.14. The molecule has 0 fully saturated rings. The van der Waals surface area contributed by atoms with Crippen molar-refractivity contribution in [2.75, 3.05) is 13.1 Å². The van der Waals surface area contributed by atoms with Crippen LogP contribution in [0, 0.1) is 0 Å². The fourth-order valence-electron chi connectivity index (χ4n) is 0.479. The molecule has 0 rings (SSSR count). The van der Waals surface area contributed by atoms with E-state index in [1.807, 2.05) is 0 Å². The highest BCUT2D eigenvalue weighted by atomic mass is 14.8. The Morgan fingerprint density at radius 3 is 1.62 bits per heavy atom. The van der Waals surface area contributed by atoms with Crippen molar-refractivity contribution < 1.29 is 0 Å². The molecule has 1 nitrogen and oxygen atoms in total. The van der Waals surface area contributed by atoms with Crippen molar-refractivity contribution in [3.8, 4) is 0 Å². The first-order valence-corrected chi connectivity index (χ1v) is 3.12. The lowest BCUT2D eigenvalue weighted by molar-refractivity contribution is 0.662. The summed E-state index contributed by atoms with van der Waals surface area (Å²) < 4.78 is 0. The molecule has 0 aliphatic carbocycles. The quantitative estimate of drug-likeness (QED) is 0.408. The van der Waals surface area contributed by atoms with Crippen LogP contribution in [0.4, 0.5) is 0 Å². The van der Waals surface area contributed by atoms with Gasteiger partial charge in [-0.25, -0.2) is 0 Å². The van der Waals surface area contributed by atoms with Crippen LogP contribution in [0.25, 0.3) is 0 Å². The molecule has 0 spiro atoms. The highest BCUT2D eigenvalue weighted by Gasteiger charge is 1.76. The Morgan fingerprint density at radius 1 is 1.00 bits per heavy atom. The van der Waals surface area contributed by atoms with Gasteiger partial charge in [0.1, 0.15) is 0 Å². The van der Waals surface area contributed by atoms with E-state index in [4.69, 9.17) is 0 Å². The lowest BCUT2D eigenvalue weighted by atomic mass is 10.4. The molecule has 0 saturated heterocycles. The SMILES string of the molecule is B.CCCNCCC. The van der Waals surface area contributed by atoms with Gasteiger partial charge in [0.2, 0.25) is 0 Å². The summed E-state index contributed by atoms with van der Waals surface area (Å²) in [7, 11) is 0. The van der Waals surface area contributed by atoms with Gasteiger partial charge in [0.15, 0.2) is 0 Å². The van der Waals surface area contributed by atoms with E-state index < -0.39 is 0 Å². The van der Waals surface area contributed by atoms with Crippen LogP contribution >= 0.6 is 0 Å². The Balaban J connectivity index is 0. The van der Waals surface area contributed by atoms with Gasteiger partial charge >= 0.3 is 0 Å². The van der Waals surface area contributed by atoms with Gasteiger partial charge in [0, 0.05) is 0 Å². The zero-order valence-corrected chi connectivity index (χ0v) is 5.33. The van der Waals surface area contributed by atoms with E-state index in [0.717, 1.165) is 0 Å². The predicted octanol–water partition coefficient (Wildman–Crippen LogP) is 0.212. The van der Waals surface area contributed by atoms with E-state index >= 15 is 0 Å². The molecular weight excluding hydrogens is 96.9 g/mol. The Labute approximate surface area is 54.4 Å². The van der Waals surface area contributed by atoms with E-state index in [0.29, 0.717) is 0 Å². The number of hydrogen-bond donors (Lipinski definition) is 1. The van der Waals surface area contributed by atoms with Crippen LogP contribution in [0.5, 0.6) is 0 Å². The molecule has 0 bridgehead atoms. The maximum atomic E-state index is 3.28. The average molecular weight is 115 g/mol. The summed E-state index contributed by atoms with van der Waals surface area (Å²) in [6.07, 6.45) is 2.50. The van der Waals surface area contributed by atoms with Crippen molar-refractivity contribution in [1.82, 2.24) is 5.32 Å². The van der Waals surface area contributed by atoms with Crippen LogP contribution in [-0.4, -0.2) is 21.5 Å². The molecular formula is C6H18BN. The molecule has 0 amide bonds. The average Bonchev–Trinajstić information content (AvgIpc) is 1.69. The van der Waals surface area contributed by atoms with Crippen LogP contribution in [0.15, 0.2) is 0 Å². The largest absolute Gasteiger partial charge is 0.317 e. The predicted molar refractivity (Wildman–Crippen MR) is 43.4 cm³/mol. The van der Waals surface area contributed by atoms with Gasteiger partial charge < -0.3 is 5.32 Å². The van der Waals surface area contributed by atoms with Crippen molar-refractivity contribution in [1.29, 1.82) is 0 Å². The van der Waals surface area contributed by atoms with Crippen molar-refractivity contribution in [3.05, 3.63) is 0 Å². The van der Waals surface area contributed by atoms with E-state index in [9.17, 15) is 0 Å². The van der Waals surface area contributed by atoms with Crippen LogP contribution in [-0.2, 0) is 0 Å². The molecule has 2 heteroatoms. The molecule has 50 valence electrons. The third-order valence-electron chi connectivity index (χ3n) is 0.854. The van der Waals surface area contributed by atoms with Crippen LogP contribution < -0.4 is 5.32 Å². The van der Waals surface area contributed by atoms with E-state index in [1.165, 1.54) is 25.9 Å². The third kappa shape index (κ3) is 9.39. The maximum Gasteiger partial charge on any atom is 0.0814 e. The fourth-order valence-corrected chi connectivity index (χ4v) is 0.479. The molecule has 0 saturated carbocycles. The van der Waals surface area contributed by atoms with Crippen molar-refractivity contribution in [2.45, 2.75) is 26.7 Å². The molecule has 0 heterocycles. The summed E-state index contributed by atoms with van der Waals surface area (Å²) in [5.41, 5.74) is 0. The first kappa shape index (κ1) is 10.9. The Morgan fingerprint density at radius 2 is 1.38 bits per heavy atom. The molecule has 0 aliphatic heterocycles. The van der Waals surface area contributed by atoms with Gasteiger partial charge in [-0.05, 0) is 25.9 Å². The van der Waals surface area contributed by atoms with Crippen LogP contribution in [0.1, 0.15) is 26.7 Å². The Hall–Kier alpha value is 0.0249. The zero-order chi connectivity index (χ0) is 5.54. The van der Waals surface area contributed by atoms with Crippen LogP contribution in [0.3, 0.4) is 0 Å². The minimum atomic E-state index is 0. The standard InChI is InChI=1S/C6H15N.BH3/c1-3-5-7-6-4-2;/h7H,3-6H2,1-2H3;1H3. The van der Waals surface area contributed by atoms with Gasteiger partial charge in [-0.3, -0.25) is 0 Å². The minimum absolute atomic E-state index is 0. The van der Waals surface area contributed by atoms with Gasteiger partial charge in [-0.2, -0.15) is 0 Å².